The first-order chi connectivity index (χ1) is 9.88. The van der Waals surface area contributed by atoms with Gasteiger partial charge in [0.15, 0.2) is 16.6 Å². The molecule has 1 spiro atoms. The van der Waals surface area contributed by atoms with Crippen molar-refractivity contribution in [1.82, 2.24) is 0 Å². The van der Waals surface area contributed by atoms with Gasteiger partial charge < -0.3 is 9.15 Å². The zero-order valence-corrected chi connectivity index (χ0v) is 13.9. The topological polar surface area (TPSA) is 56.5 Å². The predicted molar refractivity (Wildman–Crippen MR) is 79.5 cm³/mol. The first kappa shape index (κ1) is 14.8. The predicted octanol–water partition coefficient (Wildman–Crippen LogP) is 4.19. The first-order valence-electron chi connectivity index (χ1n) is 7.39. The van der Waals surface area contributed by atoms with Gasteiger partial charge in [0.25, 0.3) is 0 Å². The van der Waals surface area contributed by atoms with Crippen molar-refractivity contribution in [1.29, 1.82) is 0 Å². The van der Waals surface area contributed by atoms with Crippen LogP contribution in [0.4, 0.5) is 0 Å². The molecule has 0 amide bonds. The number of hydrogen-bond acceptors (Lipinski definition) is 4. The lowest BCUT2D eigenvalue weighted by Gasteiger charge is -2.46. The van der Waals surface area contributed by atoms with Crippen LogP contribution in [0.1, 0.15) is 57.8 Å². The van der Waals surface area contributed by atoms with Gasteiger partial charge in [0.05, 0.1) is 5.41 Å². The molecule has 2 fully saturated rings. The van der Waals surface area contributed by atoms with E-state index in [2.05, 4.69) is 15.9 Å². The maximum atomic E-state index is 13.1. The molecule has 1 aliphatic carbocycles. The number of furan rings is 1. The lowest BCUT2D eigenvalue weighted by Crippen LogP contribution is -2.55. The van der Waals surface area contributed by atoms with Crippen molar-refractivity contribution in [2.75, 3.05) is 0 Å². The molecule has 21 heavy (non-hydrogen) atoms. The molecule has 1 saturated heterocycles. The number of esters is 1. The molecule has 0 unspecified atom stereocenters. The number of carbonyl (C=O) groups excluding carboxylic acids is 2. The van der Waals surface area contributed by atoms with E-state index in [1.165, 1.54) is 0 Å². The Kier molecular flexibility index (Phi) is 3.51. The van der Waals surface area contributed by atoms with Gasteiger partial charge in [-0.1, -0.05) is 19.3 Å². The van der Waals surface area contributed by atoms with E-state index in [4.69, 9.17) is 9.15 Å². The Hall–Kier alpha value is -1.10. The Morgan fingerprint density at radius 2 is 1.81 bits per heavy atom. The van der Waals surface area contributed by atoms with Gasteiger partial charge in [-0.05, 0) is 54.8 Å². The fourth-order valence-corrected chi connectivity index (χ4v) is 3.98. The van der Waals surface area contributed by atoms with Gasteiger partial charge in [-0.2, -0.15) is 0 Å². The Labute approximate surface area is 132 Å². The maximum absolute atomic E-state index is 13.1. The Morgan fingerprint density at radius 1 is 1.14 bits per heavy atom. The molecular formula is C16H19BrO4. The van der Waals surface area contributed by atoms with Crippen LogP contribution in [0.2, 0.25) is 0 Å². The Morgan fingerprint density at radius 3 is 2.38 bits per heavy atom. The summed E-state index contributed by atoms with van der Waals surface area (Å²) in [6.45, 7) is 3.69. The number of rotatable bonds is 1. The summed E-state index contributed by atoms with van der Waals surface area (Å²) in [7, 11) is 0. The van der Waals surface area contributed by atoms with Crippen molar-refractivity contribution in [3.05, 3.63) is 22.6 Å². The summed E-state index contributed by atoms with van der Waals surface area (Å²) >= 11 is 3.24. The largest absolute Gasteiger partial charge is 0.452 e. The summed E-state index contributed by atoms with van der Waals surface area (Å²) < 4.78 is 11.8. The Balaban J connectivity index is 1.99. The minimum atomic E-state index is -0.928. The lowest BCUT2D eigenvalue weighted by atomic mass is 9.61. The quantitative estimate of drug-likeness (QED) is 0.560. The summed E-state index contributed by atoms with van der Waals surface area (Å²) in [5.74, 6) is 0.145. The molecule has 0 N–H and O–H groups in total. The average Bonchev–Trinajstić information content (AvgIpc) is 2.89. The molecule has 1 saturated carbocycles. The summed E-state index contributed by atoms with van der Waals surface area (Å²) in [4.78, 5) is 25.6. The molecule has 1 atom stereocenters. The van der Waals surface area contributed by atoms with Crippen molar-refractivity contribution < 1.29 is 18.7 Å². The maximum Gasteiger partial charge on any atom is 0.320 e. The molecule has 2 heterocycles. The van der Waals surface area contributed by atoms with Gasteiger partial charge in [0, 0.05) is 0 Å². The third-order valence-electron chi connectivity index (χ3n) is 4.85. The van der Waals surface area contributed by atoms with E-state index in [1.54, 1.807) is 12.1 Å². The van der Waals surface area contributed by atoms with Crippen LogP contribution in [0.3, 0.4) is 0 Å². The minimum absolute atomic E-state index is 0.00322. The molecule has 1 aromatic rings. The third kappa shape index (κ3) is 2.17. The molecule has 2 aliphatic rings. The van der Waals surface area contributed by atoms with Crippen molar-refractivity contribution >= 4 is 27.7 Å². The van der Waals surface area contributed by atoms with E-state index in [0.29, 0.717) is 23.3 Å². The summed E-state index contributed by atoms with van der Waals surface area (Å²) in [5.41, 5.74) is -1.70. The van der Waals surface area contributed by atoms with Crippen LogP contribution in [0.15, 0.2) is 21.2 Å². The van der Waals surface area contributed by atoms with Crippen LogP contribution in [0.25, 0.3) is 0 Å². The van der Waals surface area contributed by atoms with Crippen LogP contribution < -0.4 is 0 Å². The van der Waals surface area contributed by atoms with Gasteiger partial charge in [0.2, 0.25) is 0 Å². The van der Waals surface area contributed by atoms with Crippen LogP contribution in [-0.4, -0.2) is 11.8 Å². The second-order valence-electron chi connectivity index (χ2n) is 6.62. The second kappa shape index (κ2) is 4.97. The van der Waals surface area contributed by atoms with Gasteiger partial charge in [-0.15, -0.1) is 0 Å². The van der Waals surface area contributed by atoms with Gasteiger partial charge >= 0.3 is 5.97 Å². The monoisotopic (exact) mass is 354 g/mol. The highest BCUT2D eigenvalue weighted by molar-refractivity contribution is 9.10. The van der Waals surface area contributed by atoms with E-state index >= 15 is 0 Å². The van der Waals surface area contributed by atoms with E-state index in [1.807, 2.05) is 13.8 Å². The van der Waals surface area contributed by atoms with Crippen LogP contribution in [0.5, 0.6) is 0 Å². The number of ether oxygens (including phenoxy) is 1. The third-order valence-corrected chi connectivity index (χ3v) is 5.28. The molecule has 5 heteroatoms. The van der Waals surface area contributed by atoms with E-state index < -0.39 is 16.9 Å². The fourth-order valence-electron chi connectivity index (χ4n) is 3.67. The van der Waals surface area contributed by atoms with Crippen molar-refractivity contribution in [3.8, 4) is 0 Å². The average molecular weight is 355 g/mol. The lowest BCUT2D eigenvalue weighted by molar-refractivity contribution is -0.193. The molecule has 1 aromatic heterocycles. The summed E-state index contributed by atoms with van der Waals surface area (Å²) in [5, 5.41) is 0. The highest BCUT2D eigenvalue weighted by Crippen LogP contribution is 2.53. The number of halogens is 1. The molecule has 0 aromatic carbocycles. The second-order valence-corrected chi connectivity index (χ2v) is 7.40. The first-order valence-corrected chi connectivity index (χ1v) is 8.18. The molecule has 114 valence electrons. The highest BCUT2D eigenvalue weighted by Gasteiger charge is 2.60. The SMILES string of the molecule is CC1(C)C(=O)C2(CCCCC2)C(=O)O[C@@H]1c1ccc(Br)o1. The van der Waals surface area contributed by atoms with Crippen LogP contribution >= 0.6 is 15.9 Å². The van der Waals surface area contributed by atoms with Crippen LogP contribution in [-0.2, 0) is 14.3 Å². The number of ketones is 1. The van der Waals surface area contributed by atoms with Gasteiger partial charge in [-0.25, -0.2) is 0 Å². The number of hydrogen-bond donors (Lipinski definition) is 0. The molecular weight excluding hydrogens is 336 g/mol. The summed E-state index contributed by atoms with van der Waals surface area (Å²) in [6, 6.07) is 3.49. The molecule has 3 rings (SSSR count). The van der Waals surface area contributed by atoms with Crippen molar-refractivity contribution in [2.24, 2.45) is 10.8 Å². The highest BCUT2D eigenvalue weighted by atomic mass is 79.9. The van der Waals surface area contributed by atoms with E-state index in [0.717, 1.165) is 19.3 Å². The minimum Gasteiger partial charge on any atom is -0.452 e. The fraction of sp³-hybridized carbons (Fsp3) is 0.625. The number of cyclic esters (lactones) is 1. The number of carbonyl (C=O) groups is 2. The van der Waals surface area contributed by atoms with Gasteiger partial charge in [0.1, 0.15) is 11.2 Å². The van der Waals surface area contributed by atoms with Crippen molar-refractivity contribution in [2.45, 2.75) is 52.1 Å². The molecule has 4 nitrogen and oxygen atoms in total. The standard InChI is InChI=1S/C16H19BrO4/c1-15(2)12(10-6-7-11(17)20-10)21-14(19)16(13(15)18)8-4-3-5-9-16/h6-7,12H,3-5,8-9H2,1-2H3/t12-/m1/s1. The van der Waals surface area contributed by atoms with Crippen LogP contribution in [0, 0.1) is 10.8 Å². The zero-order chi connectivity index (χ0) is 15.3. The molecule has 0 radical (unpaired) electrons. The Bertz CT molecular complexity index is 581. The normalized spacial score (nSPS) is 27.7. The zero-order valence-electron chi connectivity index (χ0n) is 12.3. The number of Topliss-reactive ketones (excluding diaryl/α,β-unsaturated/α-hetero) is 1. The van der Waals surface area contributed by atoms with E-state index in [-0.39, 0.29) is 11.8 Å². The molecule has 1 aliphatic heterocycles. The van der Waals surface area contributed by atoms with Gasteiger partial charge in [-0.3, -0.25) is 9.59 Å². The molecule has 0 bridgehead atoms. The van der Waals surface area contributed by atoms with Crippen molar-refractivity contribution in [3.63, 3.8) is 0 Å². The summed E-state index contributed by atoms with van der Waals surface area (Å²) in [6.07, 6.45) is 3.47. The smallest absolute Gasteiger partial charge is 0.320 e. The van der Waals surface area contributed by atoms with E-state index in [9.17, 15) is 9.59 Å².